The summed E-state index contributed by atoms with van der Waals surface area (Å²) < 4.78 is 19.2. The Bertz CT molecular complexity index is 272. The summed E-state index contributed by atoms with van der Waals surface area (Å²) in [5.74, 6) is 0.733. The molecule has 0 N–H and O–H groups in total. The van der Waals surface area contributed by atoms with E-state index in [1.165, 1.54) is 16.1 Å². The summed E-state index contributed by atoms with van der Waals surface area (Å²) in [6.07, 6.45) is 2.23. The normalized spacial score (nSPS) is 20.7. The van der Waals surface area contributed by atoms with Gasteiger partial charge in [-0.15, -0.1) is 0 Å². The van der Waals surface area contributed by atoms with E-state index in [0.29, 0.717) is 19.6 Å². The number of amides is 1. The third-order valence-corrected chi connectivity index (χ3v) is 7.05. The van der Waals surface area contributed by atoms with Gasteiger partial charge in [-0.3, -0.25) is 14.0 Å². The molecule has 1 atom stereocenters. The predicted octanol–water partition coefficient (Wildman–Crippen LogP) is 2.90. The van der Waals surface area contributed by atoms with Gasteiger partial charge in [-0.25, -0.2) is 0 Å². The molecule has 0 aromatic rings. The van der Waals surface area contributed by atoms with Crippen molar-refractivity contribution in [3.63, 3.8) is 0 Å². The summed E-state index contributed by atoms with van der Waals surface area (Å²) >= 11 is 1.29. The molecule has 1 rings (SSSR count). The molecule has 6 heteroatoms. The number of carbonyl (C=O) groups is 1. The highest BCUT2D eigenvalue weighted by atomic mass is 32.7. The molecular formula is C9H18NO3PS. The second kappa shape index (κ2) is 5.92. The lowest BCUT2D eigenvalue weighted by atomic mass is 10.4. The highest BCUT2D eigenvalue weighted by Crippen LogP contribution is 2.63. The molecule has 0 spiro atoms. The molecule has 15 heavy (non-hydrogen) atoms. The van der Waals surface area contributed by atoms with Crippen LogP contribution in [0.15, 0.2) is 0 Å². The van der Waals surface area contributed by atoms with Gasteiger partial charge in [0.25, 0.3) is 0 Å². The summed E-state index contributed by atoms with van der Waals surface area (Å²) in [5.41, 5.74) is 0. The zero-order valence-electron chi connectivity index (χ0n) is 9.27. The highest BCUT2D eigenvalue weighted by Gasteiger charge is 2.38. The van der Waals surface area contributed by atoms with Crippen LogP contribution in [0, 0.1) is 0 Å². The van der Waals surface area contributed by atoms with Crippen LogP contribution >= 0.6 is 18.1 Å². The van der Waals surface area contributed by atoms with E-state index in [9.17, 15) is 9.36 Å². The molecule has 88 valence electrons. The molecule has 1 fully saturated rings. The van der Waals surface area contributed by atoms with Crippen LogP contribution in [0.4, 0.5) is 0 Å². The smallest absolute Gasteiger partial charge is 0.306 e. The maximum absolute atomic E-state index is 12.4. The Morgan fingerprint density at radius 3 is 2.73 bits per heavy atom. The Kier molecular flexibility index (Phi) is 5.16. The van der Waals surface area contributed by atoms with E-state index in [1.807, 2.05) is 6.92 Å². The van der Waals surface area contributed by atoms with Crippen molar-refractivity contribution in [3.8, 4) is 0 Å². The molecule has 1 heterocycles. The van der Waals surface area contributed by atoms with Crippen molar-refractivity contribution >= 4 is 24.0 Å². The molecule has 0 bridgehead atoms. The molecular weight excluding hydrogens is 233 g/mol. The van der Waals surface area contributed by atoms with Gasteiger partial charge in [0.05, 0.1) is 6.61 Å². The van der Waals surface area contributed by atoms with Crippen molar-refractivity contribution in [2.24, 2.45) is 0 Å². The number of rotatable bonds is 6. The van der Waals surface area contributed by atoms with E-state index in [4.69, 9.17) is 4.52 Å². The van der Waals surface area contributed by atoms with Crippen molar-refractivity contribution < 1.29 is 13.9 Å². The van der Waals surface area contributed by atoms with Crippen LogP contribution in [-0.4, -0.2) is 29.5 Å². The average molecular weight is 251 g/mol. The maximum atomic E-state index is 12.4. The van der Waals surface area contributed by atoms with Crippen molar-refractivity contribution in [2.75, 3.05) is 18.9 Å². The predicted molar refractivity (Wildman–Crippen MR) is 62.9 cm³/mol. The highest BCUT2D eigenvalue weighted by molar-refractivity contribution is 8.56. The summed E-state index contributed by atoms with van der Waals surface area (Å²) in [6.45, 7) is 1.85. The number of hydrogen-bond acceptors (Lipinski definition) is 4. The average Bonchev–Trinajstić information content (AvgIpc) is 2.62. The summed E-state index contributed by atoms with van der Waals surface area (Å²) in [4.78, 5) is 11.5. The Morgan fingerprint density at radius 1 is 1.53 bits per heavy atom. The summed E-state index contributed by atoms with van der Waals surface area (Å²) in [7, 11) is 0. The topological polar surface area (TPSA) is 46.6 Å². The van der Waals surface area contributed by atoms with Gasteiger partial charge in [0, 0.05) is 18.7 Å². The molecule has 1 unspecified atom stereocenters. The first kappa shape index (κ1) is 13.1. The van der Waals surface area contributed by atoms with Crippen molar-refractivity contribution in [1.82, 2.24) is 4.67 Å². The van der Waals surface area contributed by atoms with E-state index in [1.54, 1.807) is 6.92 Å². The van der Waals surface area contributed by atoms with E-state index >= 15 is 0 Å². The molecule has 1 aliphatic rings. The van der Waals surface area contributed by atoms with E-state index < -0.39 is 6.72 Å². The van der Waals surface area contributed by atoms with Gasteiger partial charge in [0.1, 0.15) is 0 Å². The van der Waals surface area contributed by atoms with E-state index in [-0.39, 0.29) is 5.91 Å². The molecule has 4 nitrogen and oxygen atoms in total. The SMILES string of the molecule is CCCSP(=O)(OCC)N1CCCC1=O. The lowest BCUT2D eigenvalue weighted by Crippen LogP contribution is -2.21. The van der Waals surface area contributed by atoms with Gasteiger partial charge < -0.3 is 4.52 Å². The maximum Gasteiger partial charge on any atom is 0.355 e. The molecule has 0 aliphatic carbocycles. The van der Waals surface area contributed by atoms with Crippen LogP contribution < -0.4 is 0 Å². The zero-order chi connectivity index (χ0) is 11.3. The molecule has 1 aliphatic heterocycles. The Morgan fingerprint density at radius 2 is 2.27 bits per heavy atom. The Labute approximate surface area is 95.0 Å². The number of nitrogens with zero attached hydrogens (tertiary/aromatic N) is 1. The minimum atomic E-state index is -2.94. The third-order valence-electron chi connectivity index (χ3n) is 2.09. The third kappa shape index (κ3) is 3.23. The standard InChI is InChI=1S/C9H18NO3PS/c1-3-8-15-14(12,13-4-2)10-7-5-6-9(10)11/h3-8H2,1-2H3. The zero-order valence-corrected chi connectivity index (χ0v) is 11.0. The first-order chi connectivity index (χ1) is 7.14. The molecule has 1 saturated heterocycles. The van der Waals surface area contributed by atoms with Crippen LogP contribution in [0.1, 0.15) is 33.1 Å². The lowest BCUT2D eigenvalue weighted by molar-refractivity contribution is -0.124. The van der Waals surface area contributed by atoms with Crippen molar-refractivity contribution in [1.29, 1.82) is 0 Å². The van der Waals surface area contributed by atoms with Gasteiger partial charge in [-0.1, -0.05) is 6.92 Å². The van der Waals surface area contributed by atoms with E-state index in [2.05, 4.69) is 0 Å². The fourth-order valence-corrected chi connectivity index (χ4v) is 6.01. The second-order valence-electron chi connectivity index (χ2n) is 3.34. The van der Waals surface area contributed by atoms with Gasteiger partial charge in [0.15, 0.2) is 0 Å². The lowest BCUT2D eigenvalue weighted by Gasteiger charge is -2.25. The minimum absolute atomic E-state index is 0.0320. The molecule has 0 saturated carbocycles. The molecule has 1 amide bonds. The van der Waals surface area contributed by atoms with Crippen LogP contribution in [-0.2, 0) is 13.9 Å². The summed E-state index contributed by atoms with van der Waals surface area (Å²) in [5, 5.41) is 0. The van der Waals surface area contributed by atoms with Crippen LogP contribution in [0.5, 0.6) is 0 Å². The minimum Gasteiger partial charge on any atom is -0.306 e. The van der Waals surface area contributed by atoms with Crippen LogP contribution in [0.25, 0.3) is 0 Å². The van der Waals surface area contributed by atoms with Crippen LogP contribution in [0.3, 0.4) is 0 Å². The molecule has 0 radical (unpaired) electrons. The van der Waals surface area contributed by atoms with Crippen molar-refractivity contribution in [2.45, 2.75) is 33.1 Å². The Hall–Kier alpha value is 0.0100. The first-order valence-electron chi connectivity index (χ1n) is 5.34. The van der Waals surface area contributed by atoms with Gasteiger partial charge in [-0.05, 0) is 31.1 Å². The number of hydrogen-bond donors (Lipinski definition) is 0. The van der Waals surface area contributed by atoms with Gasteiger partial charge >= 0.3 is 6.72 Å². The first-order valence-corrected chi connectivity index (χ1v) is 8.51. The monoisotopic (exact) mass is 251 g/mol. The quantitative estimate of drug-likeness (QED) is 0.681. The van der Waals surface area contributed by atoms with E-state index in [0.717, 1.165) is 18.6 Å². The van der Waals surface area contributed by atoms with Crippen molar-refractivity contribution in [3.05, 3.63) is 0 Å². The fourth-order valence-electron chi connectivity index (χ4n) is 1.44. The van der Waals surface area contributed by atoms with Gasteiger partial charge in [0.2, 0.25) is 5.91 Å². The Balaban J connectivity index is 2.70. The fraction of sp³-hybridized carbons (Fsp3) is 0.889. The van der Waals surface area contributed by atoms with Gasteiger partial charge in [-0.2, -0.15) is 0 Å². The summed E-state index contributed by atoms with van der Waals surface area (Å²) in [6, 6.07) is 0. The van der Waals surface area contributed by atoms with Crippen LogP contribution in [0.2, 0.25) is 0 Å². The number of carbonyl (C=O) groups excluding carboxylic acids is 1. The molecule has 0 aromatic carbocycles. The largest absolute Gasteiger partial charge is 0.355 e. The molecule has 0 aromatic heterocycles. The second-order valence-corrected chi connectivity index (χ2v) is 7.84.